The Kier molecular flexibility index (Phi) is 4.20. The van der Waals surface area contributed by atoms with Crippen molar-refractivity contribution in [3.8, 4) is 0 Å². The second kappa shape index (κ2) is 5.40. The molecule has 0 radical (unpaired) electrons. The Morgan fingerprint density at radius 1 is 1.32 bits per heavy atom. The second-order valence-corrected chi connectivity index (χ2v) is 8.44. The van der Waals surface area contributed by atoms with Gasteiger partial charge in [0.05, 0.1) is 11.2 Å². The molecule has 1 heterocycles. The molecule has 6 heteroatoms. The lowest BCUT2D eigenvalue weighted by molar-refractivity contribution is -0.146. The highest BCUT2D eigenvalue weighted by molar-refractivity contribution is 7.91. The molecule has 0 aromatic heterocycles. The van der Waals surface area contributed by atoms with Crippen molar-refractivity contribution in [3.05, 3.63) is 0 Å². The maximum atomic E-state index is 11.6. The van der Waals surface area contributed by atoms with Crippen molar-refractivity contribution in [2.45, 2.75) is 43.9 Å². The number of hydrogen-bond acceptors (Lipinski definition) is 4. The van der Waals surface area contributed by atoms with Gasteiger partial charge in [0.2, 0.25) is 0 Å². The molecule has 3 unspecified atom stereocenters. The van der Waals surface area contributed by atoms with Crippen LogP contribution in [0.1, 0.15) is 32.6 Å². The Hall–Kier alpha value is -0.620. The minimum absolute atomic E-state index is 0.206. The molecular formula is C13H23NO4S. The minimum Gasteiger partial charge on any atom is -0.481 e. The van der Waals surface area contributed by atoms with Gasteiger partial charge in [-0.05, 0) is 25.2 Å². The zero-order valence-corrected chi connectivity index (χ0v) is 12.4. The third-order valence-electron chi connectivity index (χ3n) is 4.75. The van der Waals surface area contributed by atoms with Crippen molar-refractivity contribution in [2.24, 2.45) is 11.8 Å². The van der Waals surface area contributed by atoms with E-state index in [4.69, 9.17) is 5.11 Å². The van der Waals surface area contributed by atoms with E-state index in [0.717, 1.165) is 32.4 Å². The molecule has 1 aliphatic heterocycles. The number of aliphatic carboxylic acids is 1. The molecule has 0 aromatic rings. The van der Waals surface area contributed by atoms with E-state index >= 15 is 0 Å². The zero-order valence-electron chi connectivity index (χ0n) is 11.6. The second-order valence-electron chi connectivity index (χ2n) is 6.11. The number of hydrogen-bond donors (Lipinski definition) is 1. The topological polar surface area (TPSA) is 74.7 Å². The maximum Gasteiger partial charge on any atom is 0.306 e. The third kappa shape index (κ3) is 3.28. The highest BCUT2D eigenvalue weighted by Crippen LogP contribution is 2.33. The van der Waals surface area contributed by atoms with Crippen molar-refractivity contribution in [1.29, 1.82) is 0 Å². The molecule has 2 rings (SSSR count). The van der Waals surface area contributed by atoms with Gasteiger partial charge in [0.25, 0.3) is 0 Å². The molecule has 3 atom stereocenters. The number of nitrogens with zero attached hydrogens (tertiary/aromatic N) is 1. The van der Waals surface area contributed by atoms with E-state index in [1.165, 1.54) is 6.26 Å². The van der Waals surface area contributed by atoms with Crippen LogP contribution in [-0.2, 0) is 14.6 Å². The van der Waals surface area contributed by atoms with Crippen molar-refractivity contribution < 1.29 is 18.3 Å². The van der Waals surface area contributed by atoms with Crippen LogP contribution in [0.3, 0.4) is 0 Å². The zero-order chi connectivity index (χ0) is 14.2. The van der Waals surface area contributed by atoms with Crippen LogP contribution in [0.4, 0.5) is 0 Å². The fourth-order valence-electron chi connectivity index (χ4n) is 3.21. The van der Waals surface area contributed by atoms with Crippen molar-refractivity contribution in [1.82, 2.24) is 4.90 Å². The van der Waals surface area contributed by atoms with Crippen LogP contribution < -0.4 is 0 Å². The Balaban J connectivity index is 1.87. The Morgan fingerprint density at radius 3 is 2.47 bits per heavy atom. The lowest BCUT2D eigenvalue weighted by Gasteiger charge is -2.48. The molecule has 2 fully saturated rings. The lowest BCUT2D eigenvalue weighted by Crippen LogP contribution is -2.56. The molecule has 0 amide bonds. The van der Waals surface area contributed by atoms with E-state index in [9.17, 15) is 13.2 Å². The number of carboxylic acids is 1. The number of rotatable bonds is 4. The standard InChI is InChI=1S/C13H23NO4S/c1-9(13(15)16)10-7-14(8-10)11-4-3-5-12(6-11)19(2,17)18/h9-12H,3-8H2,1-2H3,(H,15,16). The molecule has 5 nitrogen and oxygen atoms in total. The first-order valence-electron chi connectivity index (χ1n) is 6.94. The summed E-state index contributed by atoms with van der Waals surface area (Å²) in [5.74, 6) is -0.816. The Bertz CT molecular complexity index is 442. The molecule has 1 N–H and O–H groups in total. The summed E-state index contributed by atoms with van der Waals surface area (Å²) in [5, 5.41) is 8.76. The first-order valence-corrected chi connectivity index (χ1v) is 8.90. The predicted octanol–water partition coefficient (Wildman–Crippen LogP) is 0.995. The molecular weight excluding hydrogens is 266 g/mol. The normalized spacial score (nSPS) is 31.7. The molecule has 19 heavy (non-hydrogen) atoms. The number of sulfone groups is 1. The highest BCUT2D eigenvalue weighted by atomic mass is 32.2. The van der Waals surface area contributed by atoms with Gasteiger partial charge in [-0.15, -0.1) is 0 Å². The number of carboxylic acid groups (broad SMARTS) is 1. The van der Waals surface area contributed by atoms with E-state index in [0.29, 0.717) is 12.5 Å². The van der Waals surface area contributed by atoms with Gasteiger partial charge < -0.3 is 5.11 Å². The average Bonchev–Trinajstić information content (AvgIpc) is 2.26. The monoisotopic (exact) mass is 289 g/mol. The Morgan fingerprint density at radius 2 is 1.95 bits per heavy atom. The quantitative estimate of drug-likeness (QED) is 0.835. The van der Waals surface area contributed by atoms with Crippen LogP contribution in [0.25, 0.3) is 0 Å². The predicted molar refractivity (Wildman–Crippen MR) is 72.8 cm³/mol. The van der Waals surface area contributed by atoms with Crippen LogP contribution in [-0.4, -0.2) is 55.0 Å². The molecule has 0 aromatic carbocycles. The molecule has 1 saturated carbocycles. The summed E-state index contributed by atoms with van der Waals surface area (Å²) in [4.78, 5) is 13.2. The average molecular weight is 289 g/mol. The molecule has 2 aliphatic rings. The summed E-state index contributed by atoms with van der Waals surface area (Å²) in [6.45, 7) is 3.35. The van der Waals surface area contributed by atoms with Gasteiger partial charge >= 0.3 is 5.97 Å². The third-order valence-corrected chi connectivity index (χ3v) is 6.39. The van der Waals surface area contributed by atoms with Crippen molar-refractivity contribution >= 4 is 15.8 Å². The maximum absolute atomic E-state index is 11.6. The van der Waals surface area contributed by atoms with Gasteiger partial charge in [-0.1, -0.05) is 13.3 Å². The summed E-state index contributed by atoms with van der Waals surface area (Å²) in [7, 11) is -2.94. The summed E-state index contributed by atoms with van der Waals surface area (Å²) < 4.78 is 23.3. The van der Waals surface area contributed by atoms with Gasteiger partial charge in [0.15, 0.2) is 0 Å². The van der Waals surface area contributed by atoms with E-state index in [-0.39, 0.29) is 17.1 Å². The fourth-order valence-corrected chi connectivity index (χ4v) is 4.37. The van der Waals surface area contributed by atoms with Crippen molar-refractivity contribution in [3.63, 3.8) is 0 Å². The summed E-state index contributed by atoms with van der Waals surface area (Å²) in [5.41, 5.74) is 0. The molecule has 1 saturated heterocycles. The number of likely N-dealkylation sites (tertiary alicyclic amines) is 1. The first-order chi connectivity index (χ1) is 8.79. The Labute approximate surface area is 114 Å². The molecule has 0 spiro atoms. The SMILES string of the molecule is CC(C(=O)O)C1CN(C2CCCC(S(C)(=O)=O)C2)C1. The van der Waals surface area contributed by atoms with Crippen LogP contribution in [0, 0.1) is 11.8 Å². The summed E-state index contributed by atoms with van der Waals surface area (Å²) >= 11 is 0. The van der Waals surface area contributed by atoms with E-state index in [1.54, 1.807) is 6.92 Å². The van der Waals surface area contributed by atoms with Gasteiger partial charge in [0, 0.05) is 25.4 Å². The smallest absolute Gasteiger partial charge is 0.306 e. The van der Waals surface area contributed by atoms with Gasteiger partial charge in [0.1, 0.15) is 9.84 Å². The molecule has 110 valence electrons. The van der Waals surface area contributed by atoms with Crippen LogP contribution in [0.2, 0.25) is 0 Å². The molecule has 0 bridgehead atoms. The first kappa shape index (κ1) is 14.8. The van der Waals surface area contributed by atoms with Gasteiger partial charge in [-0.2, -0.15) is 0 Å². The summed E-state index contributed by atoms with van der Waals surface area (Å²) in [6, 6.07) is 0.325. The molecule has 1 aliphatic carbocycles. The van der Waals surface area contributed by atoms with Crippen molar-refractivity contribution in [2.75, 3.05) is 19.3 Å². The van der Waals surface area contributed by atoms with E-state index in [1.807, 2.05) is 0 Å². The van der Waals surface area contributed by atoms with Crippen LogP contribution >= 0.6 is 0 Å². The van der Waals surface area contributed by atoms with E-state index in [2.05, 4.69) is 4.90 Å². The largest absolute Gasteiger partial charge is 0.481 e. The van der Waals surface area contributed by atoms with Gasteiger partial charge in [-0.25, -0.2) is 8.42 Å². The fraction of sp³-hybridized carbons (Fsp3) is 0.923. The van der Waals surface area contributed by atoms with Gasteiger partial charge in [-0.3, -0.25) is 9.69 Å². The highest BCUT2D eigenvalue weighted by Gasteiger charge is 2.40. The van der Waals surface area contributed by atoms with Crippen LogP contribution in [0.5, 0.6) is 0 Å². The number of carbonyl (C=O) groups is 1. The minimum atomic E-state index is -2.94. The van der Waals surface area contributed by atoms with Crippen LogP contribution in [0.15, 0.2) is 0 Å². The van der Waals surface area contributed by atoms with E-state index < -0.39 is 15.8 Å². The lowest BCUT2D eigenvalue weighted by atomic mass is 9.83. The summed E-state index contributed by atoms with van der Waals surface area (Å²) in [6.07, 6.45) is 4.81.